The third-order valence-corrected chi connectivity index (χ3v) is 20.7. The summed E-state index contributed by atoms with van der Waals surface area (Å²) in [6, 6.07) is 77.3. The number of fused-ring (bicyclic) bond motifs is 3. The molecule has 0 aliphatic carbocycles. The molecule has 0 saturated carbocycles. The minimum Gasteiger partial charge on any atom is -0.462 e. The number of hydrogen-bond donors (Lipinski definition) is 0. The summed E-state index contributed by atoms with van der Waals surface area (Å²) in [7, 11) is 2.15. The summed E-state index contributed by atoms with van der Waals surface area (Å²) in [4.78, 5) is 4.91. The Morgan fingerprint density at radius 3 is 1.41 bits per heavy atom. The predicted molar refractivity (Wildman–Crippen MR) is 410 cm³/mol. The molecule has 4 aliphatic rings. The molecule has 0 saturated heterocycles. The van der Waals surface area contributed by atoms with Gasteiger partial charge in [-0.15, -0.1) is 0 Å². The molecule has 10 aromatic rings. The molecule has 4 aliphatic heterocycles. The largest absolute Gasteiger partial charge is 0.462 e. The Bertz CT molecular complexity index is 5380. The zero-order chi connectivity index (χ0) is 69.6. The van der Waals surface area contributed by atoms with E-state index in [0.717, 1.165) is 131 Å². The number of nitrogens with zero attached hydrogens (tertiary/aromatic N) is 6. The maximum atomic E-state index is 10.4. The molecular weight excluding hydrogens is 1220 g/mol. The zero-order valence-corrected chi connectivity index (χ0v) is 58.3. The van der Waals surface area contributed by atoms with Gasteiger partial charge in [0.1, 0.15) is 58.5 Å². The highest BCUT2D eigenvalue weighted by Crippen LogP contribution is 2.55. The Balaban J connectivity index is 0.905. The van der Waals surface area contributed by atoms with Crippen molar-refractivity contribution in [3.8, 4) is 68.8 Å². The Kier molecular flexibility index (Phi) is 17.3. The third kappa shape index (κ3) is 12.4. The molecule has 0 aromatic heterocycles. The van der Waals surface area contributed by atoms with Gasteiger partial charge >= 0.3 is 0 Å². The Morgan fingerprint density at radius 1 is 0.490 bits per heavy atom. The van der Waals surface area contributed by atoms with Crippen molar-refractivity contribution in [3.63, 3.8) is 0 Å². The second-order valence-corrected chi connectivity index (χ2v) is 29.0. The molecule has 0 atom stereocenters. The highest BCUT2D eigenvalue weighted by molar-refractivity contribution is 6.34. The molecule has 8 heteroatoms. The third-order valence-electron chi connectivity index (χ3n) is 20.7. The summed E-state index contributed by atoms with van der Waals surface area (Å²) in [6.45, 7) is 20.6. The molecule has 10 aromatic carbocycles. The van der Waals surface area contributed by atoms with E-state index in [-0.39, 0.29) is 22.0 Å². The van der Waals surface area contributed by atoms with E-state index >= 15 is 0 Å². The van der Waals surface area contributed by atoms with Crippen molar-refractivity contribution >= 4 is 55.8 Å². The fourth-order valence-electron chi connectivity index (χ4n) is 15.5. The van der Waals surface area contributed by atoms with Crippen LogP contribution in [-0.4, -0.2) is 20.1 Å². The van der Waals surface area contributed by atoms with Gasteiger partial charge in [0.2, 0.25) is 0 Å². The number of ether oxygens (including phenoxy) is 2. The maximum absolute atomic E-state index is 10.4. The molecule has 4 heterocycles. The van der Waals surface area contributed by atoms with Crippen molar-refractivity contribution in [2.24, 2.45) is 5.41 Å². The lowest BCUT2D eigenvalue weighted by molar-refractivity contribution is 0.209. The molecule has 14 rings (SSSR count). The van der Waals surface area contributed by atoms with Crippen molar-refractivity contribution in [1.82, 2.24) is 0 Å². The van der Waals surface area contributed by atoms with E-state index in [1.54, 1.807) is 12.2 Å². The fourth-order valence-corrected chi connectivity index (χ4v) is 15.5. The van der Waals surface area contributed by atoms with Crippen LogP contribution in [-0.2, 0) is 33.3 Å². The fraction of sp³-hybridized carbons (Fsp3) is 0.196. The number of anilines is 2. The summed E-state index contributed by atoms with van der Waals surface area (Å²) < 4.78 is 13.0. The van der Waals surface area contributed by atoms with Crippen LogP contribution in [0.5, 0.6) is 0 Å². The first kappa shape index (κ1) is 65.4. The summed E-state index contributed by atoms with van der Waals surface area (Å²) in [5, 5.41) is 46.8. The van der Waals surface area contributed by atoms with Crippen LogP contribution in [0.1, 0.15) is 100 Å². The molecule has 0 radical (unpaired) electrons. The van der Waals surface area contributed by atoms with E-state index in [9.17, 15) is 21.0 Å². The number of hydrogen-bond acceptors (Lipinski definition) is 8. The van der Waals surface area contributed by atoms with E-state index in [4.69, 9.17) is 9.47 Å². The van der Waals surface area contributed by atoms with Gasteiger partial charge in [-0.05, 0) is 226 Å². The summed E-state index contributed by atoms with van der Waals surface area (Å²) >= 11 is 0. The Morgan fingerprint density at radius 2 is 0.930 bits per heavy atom. The van der Waals surface area contributed by atoms with Gasteiger partial charge in [0.05, 0.1) is 0 Å². The lowest BCUT2D eigenvalue weighted by atomic mass is 9.69. The van der Waals surface area contributed by atoms with E-state index in [2.05, 4.69) is 272 Å². The van der Waals surface area contributed by atoms with Gasteiger partial charge < -0.3 is 19.3 Å². The minimum atomic E-state index is -0.632. The van der Waals surface area contributed by atoms with E-state index in [0.29, 0.717) is 47.1 Å². The van der Waals surface area contributed by atoms with E-state index in [1.807, 2.05) is 49.4 Å². The second-order valence-electron chi connectivity index (χ2n) is 29.0. The van der Waals surface area contributed by atoms with Gasteiger partial charge in [-0.2, -0.15) is 21.0 Å². The monoisotopic (exact) mass is 1300 g/mol. The van der Waals surface area contributed by atoms with Crippen LogP contribution in [0.25, 0.3) is 89.0 Å². The van der Waals surface area contributed by atoms with Gasteiger partial charge in [-0.3, -0.25) is 0 Å². The average Bonchev–Trinajstić information content (AvgIpc) is 0.700. The number of rotatable bonds is 14. The topological polar surface area (TPSA) is 120 Å². The highest BCUT2D eigenvalue weighted by Gasteiger charge is 2.40. The molecule has 0 fully saturated rings. The van der Waals surface area contributed by atoms with Crippen molar-refractivity contribution < 1.29 is 9.47 Å². The second kappa shape index (κ2) is 26.5. The lowest BCUT2D eigenvalue weighted by Gasteiger charge is -2.48. The molecule has 0 unspecified atom stereocenters. The van der Waals surface area contributed by atoms with Crippen LogP contribution in [0.3, 0.4) is 0 Å². The standard InChI is InChI=1S/C92H78N6O2/c1-59-44-61(30-35-73-50-69(45-60(2)99-73)71(54-93)55-94)34-39-81(59)97(9)58-64-33-38-76-78(47-64)86(68-28-20-13-21-29-68)88-83(65-22-14-10-15-23-65)75-37-32-63(46-77(75)85(67-26-18-12-19-27-67)87(88)84(76)66-24-16-11-17-25-66)53-92(7,8)82-52-70(72(56-95)57-96)51-74(100-82)36-31-62-48-79-89-80(49-62)91(5,6)41-43-98(89)42-40-90(79,3)4/h10-39,44-52H,40-43,53,58H2,1-9H3/b35-30+,36-31+. The number of allylic oxidation sites excluding steroid dienone is 12. The van der Waals surface area contributed by atoms with E-state index < -0.39 is 5.41 Å². The zero-order valence-electron chi connectivity index (χ0n) is 58.3. The average molecular weight is 1300 g/mol. The first-order valence-electron chi connectivity index (χ1n) is 34.5. The van der Waals surface area contributed by atoms with Crippen LogP contribution >= 0.6 is 0 Å². The van der Waals surface area contributed by atoms with Crippen molar-refractivity contribution in [3.05, 3.63) is 309 Å². The molecule has 8 nitrogen and oxygen atoms in total. The van der Waals surface area contributed by atoms with Gasteiger partial charge in [-0.25, -0.2) is 0 Å². The quantitative estimate of drug-likeness (QED) is 0.0780. The predicted octanol–water partition coefficient (Wildman–Crippen LogP) is 22.5. The molecule has 0 bridgehead atoms. The van der Waals surface area contributed by atoms with Crippen LogP contribution in [0.4, 0.5) is 11.4 Å². The van der Waals surface area contributed by atoms with Crippen molar-refractivity contribution in [2.75, 3.05) is 29.9 Å². The molecular formula is C92H78N6O2. The van der Waals surface area contributed by atoms with Gasteiger partial charge in [0.15, 0.2) is 0 Å². The molecule has 0 spiro atoms. The van der Waals surface area contributed by atoms with Gasteiger partial charge in [-0.1, -0.05) is 211 Å². The van der Waals surface area contributed by atoms with Crippen LogP contribution in [0.15, 0.2) is 270 Å². The normalized spacial score (nSPS) is 15.3. The minimum absolute atomic E-state index is 0.0220. The molecule has 488 valence electrons. The Hall–Kier alpha value is -11.9. The van der Waals surface area contributed by atoms with Crippen LogP contribution in [0.2, 0.25) is 0 Å². The first-order chi connectivity index (χ1) is 48.3. The number of nitriles is 4. The number of aryl methyl sites for hydroxylation is 1. The molecule has 0 amide bonds. The van der Waals surface area contributed by atoms with E-state index in [1.165, 1.54) is 22.2 Å². The maximum Gasteiger partial charge on any atom is 0.137 e. The van der Waals surface area contributed by atoms with Gasteiger partial charge in [0.25, 0.3) is 0 Å². The number of benzene rings is 10. The Labute approximate surface area is 587 Å². The van der Waals surface area contributed by atoms with Crippen molar-refractivity contribution in [1.29, 1.82) is 21.0 Å². The molecule has 100 heavy (non-hydrogen) atoms. The summed E-state index contributed by atoms with van der Waals surface area (Å²) in [6.07, 6.45) is 17.9. The highest BCUT2D eigenvalue weighted by atomic mass is 16.5. The van der Waals surface area contributed by atoms with Gasteiger partial charge in [0, 0.05) is 54.6 Å². The van der Waals surface area contributed by atoms with Crippen LogP contribution < -0.4 is 9.80 Å². The summed E-state index contributed by atoms with van der Waals surface area (Å²) in [5.41, 5.74) is 20.3. The van der Waals surface area contributed by atoms with Crippen LogP contribution in [0, 0.1) is 57.7 Å². The SMILES string of the molecule is CC1=CC(=C(C#N)C#N)C=C(/C=C/c2ccc(N(C)Cc3ccc4c(-c5ccccc5)c5c(-c6ccccc6)c6cc(CC(C)(C)C7=CC(=C(C#N)C#N)C=C(/C=C/c8cc9c%10c(c8)C(C)(C)CCN%10CCC9(C)C)O7)ccc6c(-c6ccccc6)c5c(-c5ccccc5)c4c3)c(C)c2)O1. The molecule has 0 N–H and O–H groups in total. The smallest absolute Gasteiger partial charge is 0.137 e. The van der Waals surface area contributed by atoms with Crippen molar-refractivity contribution in [2.45, 2.75) is 92.0 Å². The lowest BCUT2D eigenvalue weighted by Crippen LogP contribution is -2.44. The summed E-state index contributed by atoms with van der Waals surface area (Å²) in [5.74, 6) is 2.40. The first-order valence-corrected chi connectivity index (χ1v) is 34.5.